The average molecular weight is 216 g/mol. The third-order valence-electron chi connectivity index (χ3n) is 2.39. The minimum atomic E-state index is 0.946. The van der Waals surface area contributed by atoms with Crippen LogP contribution in [0.2, 0.25) is 0 Å². The number of hydrogen-bond donors (Lipinski definition) is 1. The summed E-state index contributed by atoms with van der Waals surface area (Å²) in [6.45, 7) is 5.03. The minimum Gasteiger partial charge on any atom is -0.336 e. The maximum absolute atomic E-state index is 4.36. The van der Waals surface area contributed by atoms with Crippen LogP contribution < -0.4 is 5.32 Å². The molecule has 4 nitrogen and oxygen atoms in total. The zero-order valence-electron chi connectivity index (χ0n) is 9.43. The summed E-state index contributed by atoms with van der Waals surface area (Å²) in [7, 11) is 0. The van der Waals surface area contributed by atoms with E-state index in [1.165, 1.54) is 0 Å². The monoisotopic (exact) mass is 216 g/mol. The van der Waals surface area contributed by atoms with Crippen LogP contribution in [0.15, 0.2) is 37.1 Å². The van der Waals surface area contributed by atoms with Crippen molar-refractivity contribution in [3.8, 4) is 11.3 Å². The molecule has 0 aliphatic heterocycles. The number of likely N-dealkylation sites (N-methyl/N-ethyl adjacent to an activating group) is 1. The summed E-state index contributed by atoms with van der Waals surface area (Å²) in [6, 6.07) is 3.94. The second-order valence-corrected chi connectivity index (χ2v) is 3.59. The molecule has 0 atom stereocenters. The molecule has 0 aliphatic carbocycles. The van der Waals surface area contributed by atoms with Gasteiger partial charge < -0.3 is 9.88 Å². The predicted molar refractivity (Wildman–Crippen MR) is 64.0 cm³/mol. The Bertz CT molecular complexity index is 422. The van der Waals surface area contributed by atoms with Crippen molar-refractivity contribution in [3.05, 3.63) is 37.1 Å². The van der Waals surface area contributed by atoms with Crippen LogP contribution in [0.5, 0.6) is 0 Å². The highest BCUT2D eigenvalue weighted by Gasteiger charge is 2.01. The van der Waals surface area contributed by atoms with E-state index in [4.69, 9.17) is 0 Å². The van der Waals surface area contributed by atoms with Crippen LogP contribution in [0, 0.1) is 0 Å². The lowest BCUT2D eigenvalue weighted by Crippen LogP contribution is -2.18. The van der Waals surface area contributed by atoms with E-state index in [-0.39, 0.29) is 0 Å². The predicted octanol–water partition coefficient (Wildman–Crippen LogP) is 1.55. The Hall–Kier alpha value is -1.68. The first-order chi connectivity index (χ1) is 7.90. The van der Waals surface area contributed by atoms with Crippen molar-refractivity contribution in [1.82, 2.24) is 19.9 Å². The van der Waals surface area contributed by atoms with E-state index < -0.39 is 0 Å². The largest absolute Gasteiger partial charge is 0.336 e. The minimum absolute atomic E-state index is 0.946. The molecule has 2 aromatic rings. The summed E-state index contributed by atoms with van der Waals surface area (Å²) in [6.07, 6.45) is 7.51. The van der Waals surface area contributed by atoms with Crippen molar-refractivity contribution < 1.29 is 0 Å². The molecule has 2 aromatic heterocycles. The lowest BCUT2D eigenvalue weighted by atomic mass is 10.2. The molecule has 0 aromatic carbocycles. The van der Waals surface area contributed by atoms with Crippen LogP contribution in [-0.4, -0.2) is 27.6 Å². The Labute approximate surface area is 95.4 Å². The number of hydrogen-bond acceptors (Lipinski definition) is 3. The Morgan fingerprint density at radius 3 is 3.12 bits per heavy atom. The molecule has 0 fully saturated rings. The van der Waals surface area contributed by atoms with Crippen molar-refractivity contribution in [3.63, 3.8) is 0 Å². The zero-order chi connectivity index (χ0) is 11.2. The maximum Gasteiger partial charge on any atom is 0.0954 e. The van der Waals surface area contributed by atoms with Gasteiger partial charge in [0.2, 0.25) is 0 Å². The van der Waals surface area contributed by atoms with Gasteiger partial charge in [0.25, 0.3) is 0 Å². The number of rotatable bonds is 5. The van der Waals surface area contributed by atoms with Crippen LogP contribution in [0.4, 0.5) is 0 Å². The smallest absolute Gasteiger partial charge is 0.0954 e. The van der Waals surface area contributed by atoms with E-state index in [1.54, 1.807) is 6.20 Å². The zero-order valence-corrected chi connectivity index (χ0v) is 9.43. The fourth-order valence-corrected chi connectivity index (χ4v) is 1.53. The molecule has 2 rings (SSSR count). The molecule has 0 aliphatic rings. The molecule has 0 unspecified atom stereocenters. The molecule has 0 amide bonds. The highest BCUT2D eigenvalue weighted by molar-refractivity contribution is 5.56. The molecule has 0 bridgehead atoms. The Kier molecular flexibility index (Phi) is 3.66. The van der Waals surface area contributed by atoms with Gasteiger partial charge >= 0.3 is 0 Å². The Morgan fingerprint density at radius 1 is 1.44 bits per heavy atom. The standard InChI is InChI=1S/C12H16N4/c1-2-13-6-7-16-9-12(15-10-16)11-4-3-5-14-8-11/h3-5,8-10,13H,2,6-7H2,1H3. The van der Waals surface area contributed by atoms with Gasteiger partial charge in [-0.3, -0.25) is 4.98 Å². The molecule has 0 spiro atoms. The Morgan fingerprint density at radius 2 is 2.38 bits per heavy atom. The lowest BCUT2D eigenvalue weighted by molar-refractivity contribution is 0.613. The van der Waals surface area contributed by atoms with Crippen LogP contribution >= 0.6 is 0 Å². The van der Waals surface area contributed by atoms with E-state index in [0.717, 1.165) is 30.9 Å². The van der Waals surface area contributed by atoms with Gasteiger partial charge in [0.1, 0.15) is 0 Å². The molecule has 0 radical (unpaired) electrons. The number of aromatic nitrogens is 3. The van der Waals surface area contributed by atoms with Crippen molar-refractivity contribution >= 4 is 0 Å². The van der Waals surface area contributed by atoms with Crippen LogP contribution in [-0.2, 0) is 6.54 Å². The van der Waals surface area contributed by atoms with E-state index in [9.17, 15) is 0 Å². The van der Waals surface area contributed by atoms with Gasteiger partial charge in [-0.2, -0.15) is 0 Å². The lowest BCUT2D eigenvalue weighted by Gasteiger charge is -2.01. The summed E-state index contributed by atoms with van der Waals surface area (Å²) in [4.78, 5) is 8.44. The quantitative estimate of drug-likeness (QED) is 0.771. The molecule has 2 heterocycles. The normalized spacial score (nSPS) is 10.6. The van der Waals surface area contributed by atoms with E-state index in [2.05, 4.69) is 26.8 Å². The molecule has 0 saturated heterocycles. The molecular weight excluding hydrogens is 200 g/mol. The highest BCUT2D eigenvalue weighted by atomic mass is 15.1. The van der Waals surface area contributed by atoms with Gasteiger partial charge in [0.05, 0.1) is 12.0 Å². The van der Waals surface area contributed by atoms with Gasteiger partial charge in [0, 0.05) is 37.2 Å². The van der Waals surface area contributed by atoms with Gasteiger partial charge in [-0.05, 0) is 18.7 Å². The van der Waals surface area contributed by atoms with Crippen LogP contribution in [0.25, 0.3) is 11.3 Å². The molecule has 84 valence electrons. The number of nitrogens with one attached hydrogen (secondary N) is 1. The van der Waals surface area contributed by atoms with Crippen molar-refractivity contribution in [2.75, 3.05) is 13.1 Å². The van der Waals surface area contributed by atoms with E-state index in [1.807, 2.05) is 30.9 Å². The van der Waals surface area contributed by atoms with Gasteiger partial charge in [-0.15, -0.1) is 0 Å². The highest BCUT2D eigenvalue weighted by Crippen LogP contribution is 2.14. The fraction of sp³-hybridized carbons (Fsp3) is 0.333. The second-order valence-electron chi connectivity index (χ2n) is 3.59. The molecule has 0 saturated carbocycles. The van der Waals surface area contributed by atoms with Crippen molar-refractivity contribution in [2.45, 2.75) is 13.5 Å². The molecule has 16 heavy (non-hydrogen) atoms. The van der Waals surface area contributed by atoms with Crippen molar-refractivity contribution in [2.24, 2.45) is 0 Å². The third kappa shape index (κ3) is 2.67. The summed E-state index contributed by atoms with van der Waals surface area (Å²) < 4.78 is 2.09. The first kappa shape index (κ1) is 10.8. The maximum atomic E-state index is 4.36. The summed E-state index contributed by atoms with van der Waals surface area (Å²) in [5.41, 5.74) is 2.04. The molecule has 1 N–H and O–H groups in total. The summed E-state index contributed by atoms with van der Waals surface area (Å²) in [5, 5.41) is 3.28. The first-order valence-corrected chi connectivity index (χ1v) is 5.53. The van der Waals surface area contributed by atoms with Crippen molar-refractivity contribution in [1.29, 1.82) is 0 Å². The molecule has 4 heteroatoms. The van der Waals surface area contributed by atoms with E-state index >= 15 is 0 Å². The topological polar surface area (TPSA) is 42.7 Å². The van der Waals surface area contributed by atoms with Gasteiger partial charge in [0.15, 0.2) is 0 Å². The number of nitrogens with zero attached hydrogens (tertiary/aromatic N) is 3. The Balaban J connectivity index is 2.02. The fourth-order valence-electron chi connectivity index (χ4n) is 1.53. The molecular formula is C12H16N4. The summed E-state index contributed by atoms with van der Waals surface area (Å²) in [5.74, 6) is 0. The van der Waals surface area contributed by atoms with Crippen LogP contribution in [0.3, 0.4) is 0 Å². The van der Waals surface area contributed by atoms with Gasteiger partial charge in [-0.1, -0.05) is 6.92 Å². The number of pyridine rings is 1. The number of imidazole rings is 1. The van der Waals surface area contributed by atoms with Gasteiger partial charge in [-0.25, -0.2) is 4.98 Å². The van der Waals surface area contributed by atoms with Crippen LogP contribution in [0.1, 0.15) is 6.92 Å². The van der Waals surface area contributed by atoms with E-state index in [0.29, 0.717) is 0 Å². The first-order valence-electron chi connectivity index (χ1n) is 5.53. The average Bonchev–Trinajstić information content (AvgIpc) is 2.79. The SMILES string of the molecule is CCNCCn1cnc(-c2cccnc2)c1. The third-order valence-corrected chi connectivity index (χ3v) is 2.39. The summed E-state index contributed by atoms with van der Waals surface area (Å²) >= 11 is 0. The second kappa shape index (κ2) is 5.42.